The number of aryl methyl sites for hydroxylation is 2. The average molecular weight is 437 g/mol. The number of carbonyl (C=O) groups is 2. The van der Waals surface area contributed by atoms with Crippen LogP contribution in [-0.4, -0.2) is 45.5 Å². The third-order valence-corrected chi connectivity index (χ3v) is 6.21. The molecule has 1 aromatic heterocycles. The number of benzene rings is 2. The number of H-pyrrole nitrogens is 1. The van der Waals surface area contributed by atoms with E-state index in [1.165, 1.54) is 16.7 Å². The van der Waals surface area contributed by atoms with Crippen molar-refractivity contribution >= 4 is 29.3 Å². The van der Waals surface area contributed by atoms with Gasteiger partial charge in [0.05, 0.1) is 11.9 Å². The van der Waals surface area contributed by atoms with Crippen molar-refractivity contribution in [2.45, 2.75) is 37.1 Å². The number of ether oxygens (including phenoxy) is 1. The smallest absolute Gasteiger partial charge is 0.326 e. The first kappa shape index (κ1) is 21.1. The SMILES string of the molecule is CCOC(=O)CN1C(=O)[C@@H](Sc2n[nH]c(-c3cccc(C)c3)n2)CCc2ccccc21. The monoisotopic (exact) mass is 436 g/mol. The quantitative estimate of drug-likeness (QED) is 0.592. The Labute approximate surface area is 185 Å². The van der Waals surface area contributed by atoms with Gasteiger partial charge in [0.2, 0.25) is 11.1 Å². The number of hydrogen-bond donors (Lipinski definition) is 1. The van der Waals surface area contributed by atoms with Gasteiger partial charge in [0.25, 0.3) is 0 Å². The fraction of sp³-hybridized carbons (Fsp3) is 0.304. The zero-order valence-electron chi connectivity index (χ0n) is 17.5. The van der Waals surface area contributed by atoms with Gasteiger partial charge in [0, 0.05) is 11.3 Å². The second-order valence-corrected chi connectivity index (χ2v) is 8.51. The van der Waals surface area contributed by atoms with E-state index in [1.54, 1.807) is 6.92 Å². The van der Waals surface area contributed by atoms with Gasteiger partial charge in [-0.25, -0.2) is 4.98 Å². The van der Waals surface area contributed by atoms with Crippen molar-refractivity contribution in [2.24, 2.45) is 0 Å². The molecule has 0 radical (unpaired) electrons. The fourth-order valence-electron chi connectivity index (χ4n) is 3.64. The van der Waals surface area contributed by atoms with E-state index in [0.717, 1.165) is 28.8 Å². The topological polar surface area (TPSA) is 88.2 Å². The van der Waals surface area contributed by atoms with Crippen LogP contribution in [0.25, 0.3) is 11.4 Å². The van der Waals surface area contributed by atoms with Crippen molar-refractivity contribution < 1.29 is 14.3 Å². The molecule has 1 aliphatic heterocycles. The van der Waals surface area contributed by atoms with Gasteiger partial charge in [-0.05, 0) is 44.4 Å². The summed E-state index contributed by atoms with van der Waals surface area (Å²) in [6.45, 7) is 3.95. The summed E-state index contributed by atoms with van der Waals surface area (Å²) in [5, 5.41) is 7.39. The van der Waals surface area contributed by atoms with Crippen LogP contribution in [-0.2, 0) is 20.7 Å². The van der Waals surface area contributed by atoms with Crippen LogP contribution in [0.1, 0.15) is 24.5 Å². The predicted molar refractivity (Wildman–Crippen MR) is 120 cm³/mol. The van der Waals surface area contributed by atoms with Gasteiger partial charge >= 0.3 is 5.97 Å². The number of thioether (sulfide) groups is 1. The molecule has 1 atom stereocenters. The first-order valence-electron chi connectivity index (χ1n) is 10.3. The van der Waals surface area contributed by atoms with Crippen LogP contribution >= 0.6 is 11.8 Å². The van der Waals surface area contributed by atoms with Crippen molar-refractivity contribution in [3.63, 3.8) is 0 Å². The van der Waals surface area contributed by atoms with E-state index in [0.29, 0.717) is 17.4 Å². The molecule has 0 spiro atoms. The van der Waals surface area contributed by atoms with Gasteiger partial charge in [0.1, 0.15) is 6.54 Å². The Morgan fingerprint density at radius 1 is 1.26 bits per heavy atom. The lowest BCUT2D eigenvalue weighted by Crippen LogP contribution is -2.41. The second kappa shape index (κ2) is 9.34. The van der Waals surface area contributed by atoms with Crippen LogP contribution in [0.15, 0.2) is 53.7 Å². The Bertz CT molecular complexity index is 1100. The molecule has 1 aliphatic rings. The molecular weight excluding hydrogens is 412 g/mol. The Balaban J connectivity index is 1.56. The number of rotatable bonds is 6. The normalized spacial score (nSPS) is 16.0. The highest BCUT2D eigenvalue weighted by Gasteiger charge is 2.33. The van der Waals surface area contributed by atoms with Gasteiger partial charge in [-0.15, -0.1) is 5.10 Å². The van der Waals surface area contributed by atoms with Crippen LogP contribution in [0.4, 0.5) is 5.69 Å². The Morgan fingerprint density at radius 3 is 2.90 bits per heavy atom. The predicted octanol–water partition coefficient (Wildman–Crippen LogP) is 3.78. The fourth-order valence-corrected chi connectivity index (χ4v) is 4.60. The lowest BCUT2D eigenvalue weighted by Gasteiger charge is -2.24. The highest BCUT2D eigenvalue weighted by molar-refractivity contribution is 8.00. The molecule has 4 rings (SSSR count). The van der Waals surface area contributed by atoms with Crippen molar-refractivity contribution in [3.05, 3.63) is 59.7 Å². The van der Waals surface area contributed by atoms with E-state index in [-0.39, 0.29) is 19.1 Å². The molecule has 0 bridgehead atoms. The largest absolute Gasteiger partial charge is 0.465 e. The molecule has 0 fully saturated rings. The molecule has 160 valence electrons. The Kier molecular flexibility index (Phi) is 6.36. The van der Waals surface area contributed by atoms with E-state index in [4.69, 9.17) is 4.74 Å². The highest BCUT2D eigenvalue weighted by Crippen LogP contribution is 2.34. The number of anilines is 1. The third kappa shape index (κ3) is 4.80. The number of carbonyl (C=O) groups excluding carboxylic acids is 2. The van der Waals surface area contributed by atoms with Crippen LogP contribution in [0, 0.1) is 6.92 Å². The molecule has 1 N–H and O–H groups in total. The van der Waals surface area contributed by atoms with Crippen molar-refractivity contribution in [3.8, 4) is 11.4 Å². The molecule has 0 unspecified atom stereocenters. The minimum atomic E-state index is -0.420. The molecule has 0 aliphatic carbocycles. The number of aromatic amines is 1. The zero-order valence-corrected chi connectivity index (χ0v) is 18.3. The van der Waals surface area contributed by atoms with Gasteiger partial charge in [-0.3, -0.25) is 19.6 Å². The molecule has 1 amide bonds. The van der Waals surface area contributed by atoms with Gasteiger partial charge < -0.3 is 4.74 Å². The number of nitrogens with one attached hydrogen (secondary N) is 1. The highest BCUT2D eigenvalue weighted by atomic mass is 32.2. The number of aromatic nitrogens is 3. The Hall–Kier alpha value is -3.13. The Morgan fingerprint density at radius 2 is 2.10 bits per heavy atom. The first-order valence-corrected chi connectivity index (χ1v) is 11.1. The minimum absolute atomic E-state index is 0.108. The van der Waals surface area contributed by atoms with E-state index >= 15 is 0 Å². The van der Waals surface area contributed by atoms with Gasteiger partial charge in [0.15, 0.2) is 5.82 Å². The third-order valence-electron chi connectivity index (χ3n) is 5.10. The summed E-state index contributed by atoms with van der Waals surface area (Å²) in [7, 11) is 0. The van der Waals surface area contributed by atoms with Crippen LogP contribution < -0.4 is 4.90 Å². The van der Waals surface area contributed by atoms with E-state index in [1.807, 2.05) is 55.5 Å². The summed E-state index contributed by atoms with van der Waals surface area (Å²) in [5.74, 6) is 0.111. The number of nitrogens with zero attached hydrogens (tertiary/aromatic N) is 3. The minimum Gasteiger partial charge on any atom is -0.465 e. The number of hydrogen-bond acceptors (Lipinski definition) is 6. The molecular formula is C23H24N4O3S. The molecule has 7 nitrogen and oxygen atoms in total. The van der Waals surface area contributed by atoms with Crippen molar-refractivity contribution in [1.29, 1.82) is 0 Å². The molecule has 31 heavy (non-hydrogen) atoms. The van der Waals surface area contributed by atoms with Crippen LogP contribution in [0.2, 0.25) is 0 Å². The maximum absolute atomic E-state index is 13.4. The zero-order chi connectivity index (χ0) is 21.8. The number of para-hydroxylation sites is 1. The molecule has 0 saturated heterocycles. The lowest BCUT2D eigenvalue weighted by atomic mass is 10.1. The summed E-state index contributed by atoms with van der Waals surface area (Å²) in [5.41, 5.74) is 3.88. The molecule has 0 saturated carbocycles. The van der Waals surface area contributed by atoms with E-state index in [2.05, 4.69) is 15.2 Å². The number of esters is 1. The second-order valence-electron chi connectivity index (χ2n) is 7.34. The maximum Gasteiger partial charge on any atom is 0.326 e. The lowest BCUT2D eigenvalue weighted by molar-refractivity contribution is -0.142. The maximum atomic E-state index is 13.4. The first-order chi connectivity index (χ1) is 15.0. The summed E-state index contributed by atoms with van der Waals surface area (Å²) < 4.78 is 5.09. The van der Waals surface area contributed by atoms with Gasteiger partial charge in [-0.2, -0.15) is 0 Å². The number of fused-ring (bicyclic) bond motifs is 1. The van der Waals surface area contributed by atoms with Crippen molar-refractivity contribution in [1.82, 2.24) is 15.2 Å². The van der Waals surface area contributed by atoms with E-state index < -0.39 is 11.2 Å². The van der Waals surface area contributed by atoms with Crippen LogP contribution in [0.5, 0.6) is 0 Å². The summed E-state index contributed by atoms with van der Waals surface area (Å²) in [4.78, 5) is 31.7. The molecule has 2 heterocycles. The van der Waals surface area contributed by atoms with E-state index in [9.17, 15) is 9.59 Å². The summed E-state index contributed by atoms with van der Waals surface area (Å²) >= 11 is 1.32. The van der Waals surface area contributed by atoms with Gasteiger partial charge in [-0.1, -0.05) is 53.7 Å². The number of amides is 1. The molecule has 2 aromatic carbocycles. The molecule has 8 heteroatoms. The standard InChI is InChI=1S/C23H24N4O3S/c1-3-30-20(28)14-27-18-10-5-4-8-16(18)11-12-19(22(27)29)31-23-24-21(25-26-23)17-9-6-7-15(2)13-17/h4-10,13,19H,3,11-12,14H2,1-2H3,(H,24,25,26)/t19-/m0/s1. The average Bonchev–Trinajstić information content (AvgIpc) is 3.19. The summed E-state index contributed by atoms with van der Waals surface area (Å²) in [6.07, 6.45) is 1.36. The summed E-state index contributed by atoms with van der Waals surface area (Å²) in [6, 6.07) is 15.7. The van der Waals surface area contributed by atoms with Crippen LogP contribution in [0.3, 0.4) is 0 Å². The van der Waals surface area contributed by atoms with Crippen molar-refractivity contribution in [2.75, 3.05) is 18.1 Å². The molecule has 3 aromatic rings.